The molecule has 1 saturated heterocycles. The van der Waals surface area contributed by atoms with Gasteiger partial charge in [-0.05, 0) is 18.4 Å². The molecule has 0 saturated carbocycles. The number of pyridine rings is 1. The minimum Gasteiger partial charge on any atom is -0.478 e. The highest BCUT2D eigenvalue weighted by Crippen LogP contribution is 2.25. The lowest BCUT2D eigenvalue weighted by Crippen LogP contribution is -2.42. The molecule has 1 aromatic heterocycles. The van der Waals surface area contributed by atoms with Crippen LogP contribution in [-0.2, 0) is 0 Å². The molecule has 1 aromatic rings. The van der Waals surface area contributed by atoms with Crippen molar-refractivity contribution in [3.63, 3.8) is 0 Å². The maximum atomic E-state index is 11.1. The first-order valence-corrected chi connectivity index (χ1v) is 5.70. The molecule has 1 aliphatic rings. The zero-order chi connectivity index (χ0) is 12.4. The fourth-order valence-electron chi connectivity index (χ4n) is 2.17. The Morgan fingerprint density at radius 2 is 2.35 bits per heavy atom. The molecule has 2 N–H and O–H groups in total. The molecule has 2 unspecified atom stereocenters. The molecule has 0 amide bonds. The van der Waals surface area contributed by atoms with Gasteiger partial charge in [0.05, 0.1) is 23.6 Å². The zero-order valence-electron chi connectivity index (χ0n) is 9.71. The zero-order valence-corrected chi connectivity index (χ0v) is 9.71. The molecule has 2 heterocycles. The minimum absolute atomic E-state index is 0.144. The second kappa shape index (κ2) is 4.71. The van der Waals surface area contributed by atoms with Crippen molar-refractivity contribution in [3.05, 3.63) is 24.0 Å². The SMILES string of the molecule is CC1CN(c2cnccc2C(=O)O)CCC1O. The Labute approximate surface area is 99.7 Å². The van der Waals surface area contributed by atoms with Crippen LogP contribution in [0.4, 0.5) is 5.69 Å². The second-order valence-electron chi connectivity index (χ2n) is 4.48. The molecular weight excluding hydrogens is 220 g/mol. The predicted molar refractivity (Wildman–Crippen MR) is 63.2 cm³/mol. The van der Waals surface area contributed by atoms with E-state index in [1.165, 1.54) is 12.3 Å². The van der Waals surface area contributed by atoms with Gasteiger partial charge < -0.3 is 15.1 Å². The lowest BCUT2D eigenvalue weighted by atomic mass is 9.96. The Balaban J connectivity index is 2.25. The summed E-state index contributed by atoms with van der Waals surface area (Å²) in [7, 11) is 0. The highest BCUT2D eigenvalue weighted by molar-refractivity contribution is 5.94. The largest absolute Gasteiger partial charge is 0.478 e. The van der Waals surface area contributed by atoms with Crippen molar-refractivity contribution in [2.45, 2.75) is 19.4 Å². The number of aliphatic hydroxyl groups excluding tert-OH is 1. The number of aromatic carboxylic acids is 1. The van der Waals surface area contributed by atoms with Crippen LogP contribution in [0.3, 0.4) is 0 Å². The first-order valence-electron chi connectivity index (χ1n) is 5.70. The first-order chi connectivity index (χ1) is 8.09. The second-order valence-corrected chi connectivity index (χ2v) is 4.48. The summed E-state index contributed by atoms with van der Waals surface area (Å²) < 4.78 is 0. The molecule has 1 aliphatic heterocycles. The molecule has 5 nitrogen and oxygen atoms in total. The molecule has 0 aliphatic carbocycles. The third-order valence-electron chi connectivity index (χ3n) is 3.23. The van der Waals surface area contributed by atoms with Gasteiger partial charge in [0.15, 0.2) is 0 Å². The van der Waals surface area contributed by atoms with E-state index in [0.29, 0.717) is 25.2 Å². The van der Waals surface area contributed by atoms with Crippen molar-refractivity contribution >= 4 is 11.7 Å². The van der Waals surface area contributed by atoms with Gasteiger partial charge in [0.1, 0.15) is 0 Å². The van der Waals surface area contributed by atoms with Crippen LogP contribution in [0.15, 0.2) is 18.5 Å². The quantitative estimate of drug-likeness (QED) is 0.801. The molecule has 2 atom stereocenters. The average molecular weight is 236 g/mol. The Morgan fingerprint density at radius 3 is 3.00 bits per heavy atom. The molecular formula is C12H16N2O3. The van der Waals surface area contributed by atoms with Crippen LogP contribution in [0, 0.1) is 5.92 Å². The minimum atomic E-state index is -0.943. The van der Waals surface area contributed by atoms with Gasteiger partial charge in [0.25, 0.3) is 0 Å². The number of carbonyl (C=O) groups is 1. The van der Waals surface area contributed by atoms with Gasteiger partial charge in [-0.25, -0.2) is 4.79 Å². The lowest BCUT2D eigenvalue weighted by Gasteiger charge is -2.36. The van der Waals surface area contributed by atoms with Crippen LogP contribution in [0.25, 0.3) is 0 Å². The maximum Gasteiger partial charge on any atom is 0.337 e. The maximum absolute atomic E-state index is 11.1. The van der Waals surface area contributed by atoms with Crippen LogP contribution in [0.5, 0.6) is 0 Å². The van der Waals surface area contributed by atoms with E-state index in [2.05, 4.69) is 4.98 Å². The Morgan fingerprint density at radius 1 is 1.59 bits per heavy atom. The normalized spacial score (nSPS) is 24.7. The number of hydrogen-bond acceptors (Lipinski definition) is 4. The van der Waals surface area contributed by atoms with Crippen molar-refractivity contribution in [3.8, 4) is 0 Å². The smallest absolute Gasteiger partial charge is 0.337 e. The van der Waals surface area contributed by atoms with Gasteiger partial charge in [-0.15, -0.1) is 0 Å². The number of carboxylic acids is 1. The molecule has 1 fully saturated rings. The predicted octanol–water partition coefficient (Wildman–Crippen LogP) is 0.987. The van der Waals surface area contributed by atoms with E-state index in [9.17, 15) is 9.90 Å². The number of piperidine rings is 1. The molecule has 0 spiro atoms. The van der Waals surface area contributed by atoms with Gasteiger partial charge in [-0.1, -0.05) is 6.92 Å². The van der Waals surface area contributed by atoms with E-state index in [0.717, 1.165) is 0 Å². The summed E-state index contributed by atoms with van der Waals surface area (Å²) in [5.41, 5.74) is 0.905. The molecule has 0 bridgehead atoms. The third kappa shape index (κ3) is 2.39. The molecule has 0 radical (unpaired) electrons. The van der Waals surface area contributed by atoms with Gasteiger partial charge in [0.2, 0.25) is 0 Å². The average Bonchev–Trinajstić information content (AvgIpc) is 2.32. The summed E-state index contributed by atoms with van der Waals surface area (Å²) in [6.07, 6.45) is 3.43. The number of rotatable bonds is 2. The Kier molecular flexibility index (Phi) is 3.28. The topological polar surface area (TPSA) is 73.7 Å². The molecule has 0 aromatic carbocycles. The van der Waals surface area contributed by atoms with Crippen LogP contribution in [0.1, 0.15) is 23.7 Å². The van der Waals surface area contributed by atoms with Gasteiger partial charge >= 0.3 is 5.97 Å². The standard InChI is InChI=1S/C12H16N2O3/c1-8-7-14(5-3-11(8)15)10-6-13-4-2-9(10)12(16)17/h2,4,6,8,11,15H,3,5,7H2,1H3,(H,16,17). The summed E-state index contributed by atoms with van der Waals surface area (Å²) >= 11 is 0. The summed E-state index contributed by atoms with van der Waals surface area (Å²) in [4.78, 5) is 17.1. The van der Waals surface area contributed by atoms with E-state index in [1.807, 2.05) is 11.8 Å². The fourth-order valence-corrected chi connectivity index (χ4v) is 2.17. The highest BCUT2D eigenvalue weighted by Gasteiger charge is 2.26. The third-order valence-corrected chi connectivity index (χ3v) is 3.23. The number of nitrogens with zero attached hydrogens (tertiary/aromatic N) is 2. The van der Waals surface area contributed by atoms with Gasteiger partial charge in [-0.2, -0.15) is 0 Å². The number of carboxylic acid groups (broad SMARTS) is 1. The van der Waals surface area contributed by atoms with Crippen molar-refractivity contribution in [1.82, 2.24) is 4.98 Å². The van der Waals surface area contributed by atoms with E-state index in [1.54, 1.807) is 6.20 Å². The number of hydrogen-bond donors (Lipinski definition) is 2. The van der Waals surface area contributed by atoms with Crippen molar-refractivity contribution in [2.24, 2.45) is 5.92 Å². The Bertz CT molecular complexity index is 422. The summed E-state index contributed by atoms with van der Waals surface area (Å²) in [6, 6.07) is 1.51. The Hall–Kier alpha value is -1.62. The first kappa shape index (κ1) is 11.9. The summed E-state index contributed by atoms with van der Waals surface area (Å²) in [5, 5.41) is 18.8. The van der Waals surface area contributed by atoms with Crippen LogP contribution in [-0.4, -0.2) is 40.4 Å². The molecule has 17 heavy (non-hydrogen) atoms. The van der Waals surface area contributed by atoms with Gasteiger partial charge in [-0.3, -0.25) is 4.98 Å². The van der Waals surface area contributed by atoms with E-state index >= 15 is 0 Å². The van der Waals surface area contributed by atoms with Crippen LogP contribution in [0.2, 0.25) is 0 Å². The molecule has 5 heteroatoms. The highest BCUT2D eigenvalue weighted by atomic mass is 16.4. The van der Waals surface area contributed by atoms with Crippen molar-refractivity contribution in [2.75, 3.05) is 18.0 Å². The van der Waals surface area contributed by atoms with E-state index in [4.69, 9.17) is 5.11 Å². The van der Waals surface area contributed by atoms with Crippen molar-refractivity contribution in [1.29, 1.82) is 0 Å². The lowest BCUT2D eigenvalue weighted by molar-refractivity contribution is 0.0696. The van der Waals surface area contributed by atoms with Gasteiger partial charge in [0, 0.05) is 19.3 Å². The number of aliphatic hydroxyl groups is 1. The van der Waals surface area contributed by atoms with Crippen LogP contribution < -0.4 is 4.90 Å². The van der Waals surface area contributed by atoms with E-state index in [-0.39, 0.29) is 17.6 Å². The monoisotopic (exact) mass is 236 g/mol. The molecule has 92 valence electrons. The summed E-state index contributed by atoms with van der Waals surface area (Å²) in [6.45, 7) is 3.29. The van der Waals surface area contributed by atoms with Crippen LogP contribution >= 0.6 is 0 Å². The van der Waals surface area contributed by atoms with E-state index < -0.39 is 5.97 Å². The number of aromatic nitrogens is 1. The molecule has 2 rings (SSSR count). The fraction of sp³-hybridized carbons (Fsp3) is 0.500. The van der Waals surface area contributed by atoms with Crippen molar-refractivity contribution < 1.29 is 15.0 Å². The number of anilines is 1. The summed E-state index contributed by atoms with van der Waals surface area (Å²) in [5.74, 6) is -0.799.